The number of hydrogen-bond acceptors (Lipinski definition) is 4. The number of halogens is 1. The summed E-state index contributed by atoms with van der Waals surface area (Å²) in [6.07, 6.45) is 0. The van der Waals surface area contributed by atoms with Gasteiger partial charge in [0.05, 0.1) is 23.2 Å². The van der Waals surface area contributed by atoms with E-state index in [2.05, 4.69) is 5.32 Å². The summed E-state index contributed by atoms with van der Waals surface area (Å²) in [5, 5.41) is 4.15. The summed E-state index contributed by atoms with van der Waals surface area (Å²) in [6.45, 7) is 0. The Labute approximate surface area is 141 Å². The molecule has 23 heavy (non-hydrogen) atoms. The summed E-state index contributed by atoms with van der Waals surface area (Å²) >= 11 is 7.35. The Balaban J connectivity index is 1.93. The van der Waals surface area contributed by atoms with Crippen LogP contribution in [0.3, 0.4) is 0 Å². The van der Waals surface area contributed by atoms with E-state index in [0.717, 1.165) is 10.1 Å². The van der Waals surface area contributed by atoms with Crippen LogP contribution < -0.4 is 5.32 Å². The zero-order valence-corrected chi connectivity index (χ0v) is 13.7. The third-order valence-corrected chi connectivity index (χ3v) is 4.63. The molecular formula is C17H12ClNO3S. The number of hydrogen-bond donors (Lipinski definition) is 1. The van der Waals surface area contributed by atoms with Crippen molar-refractivity contribution in [2.24, 2.45) is 0 Å². The van der Waals surface area contributed by atoms with Gasteiger partial charge in [0.1, 0.15) is 0 Å². The van der Waals surface area contributed by atoms with Crippen LogP contribution in [0, 0.1) is 0 Å². The summed E-state index contributed by atoms with van der Waals surface area (Å²) in [5.41, 5.74) is 0.582. The number of nitrogens with one attached hydrogen (secondary N) is 1. The third kappa shape index (κ3) is 3.21. The Morgan fingerprint density at radius 3 is 2.65 bits per heavy atom. The first kappa shape index (κ1) is 15.5. The molecule has 6 heteroatoms. The van der Waals surface area contributed by atoms with Crippen LogP contribution in [-0.4, -0.2) is 19.0 Å². The molecule has 3 rings (SSSR count). The van der Waals surface area contributed by atoms with Crippen molar-refractivity contribution in [2.75, 3.05) is 12.4 Å². The molecule has 1 amide bonds. The van der Waals surface area contributed by atoms with E-state index in [1.165, 1.54) is 30.6 Å². The van der Waals surface area contributed by atoms with Gasteiger partial charge in [-0.05, 0) is 35.7 Å². The second-order valence-corrected chi connectivity index (χ2v) is 6.30. The number of rotatable bonds is 3. The molecule has 0 bridgehead atoms. The normalized spacial score (nSPS) is 10.5. The number of fused-ring (bicyclic) bond motifs is 1. The van der Waals surface area contributed by atoms with E-state index < -0.39 is 5.97 Å². The zero-order valence-electron chi connectivity index (χ0n) is 12.1. The van der Waals surface area contributed by atoms with Crippen LogP contribution in [0.5, 0.6) is 0 Å². The minimum absolute atomic E-state index is 0.256. The molecule has 0 atom stereocenters. The highest BCUT2D eigenvalue weighted by Gasteiger charge is 2.16. The molecule has 0 saturated heterocycles. The van der Waals surface area contributed by atoms with E-state index in [1.54, 1.807) is 6.07 Å². The second kappa shape index (κ2) is 6.40. The topological polar surface area (TPSA) is 55.4 Å². The molecular weight excluding hydrogens is 334 g/mol. The molecule has 116 valence electrons. The Morgan fingerprint density at radius 2 is 1.91 bits per heavy atom. The molecule has 0 radical (unpaired) electrons. The zero-order chi connectivity index (χ0) is 16.4. The van der Waals surface area contributed by atoms with E-state index in [4.69, 9.17) is 16.3 Å². The fourth-order valence-electron chi connectivity index (χ4n) is 2.19. The average molecular weight is 346 g/mol. The number of amides is 1. The molecule has 0 fully saturated rings. The number of carbonyl (C=O) groups excluding carboxylic acids is 2. The van der Waals surface area contributed by atoms with Crippen LogP contribution >= 0.6 is 22.9 Å². The number of esters is 1. The van der Waals surface area contributed by atoms with Crippen LogP contribution in [0.4, 0.5) is 5.69 Å². The molecule has 0 aliphatic rings. The van der Waals surface area contributed by atoms with E-state index >= 15 is 0 Å². The summed E-state index contributed by atoms with van der Waals surface area (Å²) in [4.78, 5) is 24.8. The second-order valence-electron chi connectivity index (χ2n) is 4.78. The van der Waals surface area contributed by atoms with Gasteiger partial charge in [-0.2, -0.15) is 0 Å². The Hall–Kier alpha value is -2.37. The van der Waals surface area contributed by atoms with E-state index in [0.29, 0.717) is 15.6 Å². The van der Waals surface area contributed by atoms with Gasteiger partial charge in [-0.25, -0.2) is 4.79 Å². The van der Waals surface area contributed by atoms with Crippen molar-refractivity contribution in [3.8, 4) is 0 Å². The standard InChI is InChI=1S/C17H12ClNO3S/c1-22-17(21)12-7-6-11(18)9-13(12)19-16(20)15-8-10-4-2-3-5-14(10)23-15/h2-9H,1H3,(H,19,20). The average Bonchev–Trinajstić information content (AvgIpc) is 2.98. The van der Waals surface area contributed by atoms with Crippen LogP contribution in [-0.2, 0) is 4.74 Å². The van der Waals surface area contributed by atoms with Gasteiger partial charge in [0.25, 0.3) is 5.91 Å². The summed E-state index contributed by atoms with van der Waals surface area (Å²) in [7, 11) is 1.29. The smallest absolute Gasteiger partial charge is 0.339 e. The predicted molar refractivity (Wildman–Crippen MR) is 92.6 cm³/mol. The lowest BCUT2D eigenvalue weighted by atomic mass is 10.1. The van der Waals surface area contributed by atoms with Crippen LogP contribution in [0.1, 0.15) is 20.0 Å². The highest BCUT2D eigenvalue weighted by Crippen LogP contribution is 2.27. The molecule has 2 aromatic carbocycles. The number of ether oxygens (including phenoxy) is 1. The molecule has 0 aliphatic carbocycles. The highest BCUT2D eigenvalue weighted by molar-refractivity contribution is 7.20. The van der Waals surface area contributed by atoms with Crippen molar-refractivity contribution in [1.82, 2.24) is 0 Å². The van der Waals surface area contributed by atoms with Gasteiger partial charge >= 0.3 is 5.97 Å². The van der Waals surface area contributed by atoms with E-state index in [-0.39, 0.29) is 11.5 Å². The number of benzene rings is 2. The molecule has 1 aromatic heterocycles. The Morgan fingerprint density at radius 1 is 1.13 bits per heavy atom. The Bertz CT molecular complexity index is 871. The third-order valence-electron chi connectivity index (χ3n) is 3.28. The number of thiophene rings is 1. The van der Waals surface area contributed by atoms with Gasteiger partial charge in [0.2, 0.25) is 0 Å². The maximum atomic E-state index is 12.5. The van der Waals surface area contributed by atoms with Gasteiger partial charge in [0.15, 0.2) is 0 Å². The molecule has 0 spiro atoms. The minimum atomic E-state index is -0.534. The monoisotopic (exact) mass is 345 g/mol. The van der Waals surface area contributed by atoms with Gasteiger partial charge in [-0.3, -0.25) is 4.79 Å². The predicted octanol–water partition coefficient (Wildman–Crippen LogP) is 4.59. The summed E-state index contributed by atoms with van der Waals surface area (Å²) in [6, 6.07) is 14.2. The maximum absolute atomic E-state index is 12.5. The number of carbonyl (C=O) groups is 2. The fourth-order valence-corrected chi connectivity index (χ4v) is 3.32. The van der Waals surface area contributed by atoms with E-state index in [9.17, 15) is 9.59 Å². The van der Waals surface area contributed by atoms with Crippen LogP contribution in [0.25, 0.3) is 10.1 Å². The van der Waals surface area contributed by atoms with Crippen molar-refractivity contribution in [2.45, 2.75) is 0 Å². The number of methoxy groups -OCH3 is 1. The van der Waals surface area contributed by atoms with Crippen molar-refractivity contribution >= 4 is 50.6 Å². The van der Waals surface area contributed by atoms with Crippen LogP contribution in [0.15, 0.2) is 48.5 Å². The van der Waals surface area contributed by atoms with Crippen LogP contribution in [0.2, 0.25) is 5.02 Å². The Kier molecular flexibility index (Phi) is 4.32. The lowest BCUT2D eigenvalue weighted by Crippen LogP contribution is -2.14. The van der Waals surface area contributed by atoms with Gasteiger partial charge in [-0.1, -0.05) is 29.8 Å². The molecule has 0 unspecified atom stereocenters. The van der Waals surface area contributed by atoms with Crippen molar-refractivity contribution < 1.29 is 14.3 Å². The lowest BCUT2D eigenvalue weighted by Gasteiger charge is -2.09. The highest BCUT2D eigenvalue weighted by atomic mass is 35.5. The summed E-state index contributed by atoms with van der Waals surface area (Å²) < 4.78 is 5.75. The molecule has 1 N–H and O–H groups in total. The lowest BCUT2D eigenvalue weighted by molar-refractivity contribution is 0.0602. The largest absolute Gasteiger partial charge is 0.465 e. The van der Waals surface area contributed by atoms with Crippen molar-refractivity contribution in [1.29, 1.82) is 0 Å². The van der Waals surface area contributed by atoms with Gasteiger partial charge < -0.3 is 10.1 Å². The molecule has 3 aromatic rings. The maximum Gasteiger partial charge on any atom is 0.339 e. The van der Waals surface area contributed by atoms with Crippen molar-refractivity contribution in [3.63, 3.8) is 0 Å². The summed E-state index contributed by atoms with van der Waals surface area (Å²) in [5.74, 6) is -0.827. The molecule has 0 aliphatic heterocycles. The van der Waals surface area contributed by atoms with Crippen molar-refractivity contribution in [3.05, 3.63) is 64.0 Å². The fraction of sp³-hybridized carbons (Fsp3) is 0.0588. The first-order valence-electron chi connectivity index (χ1n) is 6.76. The first-order chi connectivity index (χ1) is 11.1. The molecule has 1 heterocycles. The quantitative estimate of drug-likeness (QED) is 0.706. The number of anilines is 1. The first-order valence-corrected chi connectivity index (χ1v) is 7.96. The van der Waals surface area contributed by atoms with Gasteiger partial charge in [-0.15, -0.1) is 11.3 Å². The minimum Gasteiger partial charge on any atom is -0.465 e. The molecule has 0 saturated carbocycles. The molecule has 4 nitrogen and oxygen atoms in total. The van der Waals surface area contributed by atoms with Gasteiger partial charge in [0, 0.05) is 9.72 Å². The SMILES string of the molecule is COC(=O)c1ccc(Cl)cc1NC(=O)c1cc2ccccc2s1. The van der Waals surface area contributed by atoms with E-state index in [1.807, 2.05) is 30.3 Å².